The fraction of sp³-hybridized carbons (Fsp3) is 0.944. The van der Waals surface area contributed by atoms with E-state index in [-0.39, 0.29) is 5.92 Å². The Labute approximate surface area is 124 Å². The van der Waals surface area contributed by atoms with Gasteiger partial charge in [-0.2, -0.15) is 0 Å². The van der Waals surface area contributed by atoms with Gasteiger partial charge in [0.1, 0.15) is 5.60 Å². The molecule has 2 saturated carbocycles. The quantitative estimate of drug-likeness (QED) is 0.726. The first-order chi connectivity index (χ1) is 9.63. The average Bonchev–Trinajstić information content (AvgIpc) is 2.46. The Morgan fingerprint density at radius 3 is 2.55 bits per heavy atom. The van der Waals surface area contributed by atoms with Gasteiger partial charge in [-0.15, -0.1) is 0 Å². The Kier molecular flexibility index (Phi) is 5.65. The zero-order valence-electron chi connectivity index (χ0n) is 13.6. The lowest BCUT2D eigenvalue weighted by molar-refractivity contribution is -0.158. The molecule has 0 aromatic carbocycles. The van der Waals surface area contributed by atoms with Gasteiger partial charge in [-0.1, -0.05) is 39.5 Å². The van der Waals surface area contributed by atoms with Gasteiger partial charge >= 0.3 is 0 Å². The molecule has 0 N–H and O–H groups in total. The van der Waals surface area contributed by atoms with E-state index in [0.29, 0.717) is 24.2 Å². The van der Waals surface area contributed by atoms with E-state index in [1.54, 1.807) is 0 Å². The van der Waals surface area contributed by atoms with E-state index >= 15 is 0 Å². The highest BCUT2D eigenvalue weighted by Crippen LogP contribution is 2.42. The molecule has 0 radical (unpaired) electrons. The molecule has 0 aliphatic heterocycles. The molecule has 2 nitrogen and oxygen atoms in total. The summed E-state index contributed by atoms with van der Waals surface area (Å²) >= 11 is 0. The molecule has 2 heteroatoms. The summed E-state index contributed by atoms with van der Waals surface area (Å²) in [5, 5.41) is 0. The largest absolute Gasteiger partial charge is 0.367 e. The van der Waals surface area contributed by atoms with Crippen molar-refractivity contribution in [1.82, 2.24) is 0 Å². The molecule has 0 saturated heterocycles. The van der Waals surface area contributed by atoms with Gasteiger partial charge in [0.05, 0.1) is 0 Å². The third-order valence-electron chi connectivity index (χ3n) is 5.60. The minimum atomic E-state index is -0.443. The number of hydrogen-bond acceptors (Lipinski definition) is 2. The van der Waals surface area contributed by atoms with Crippen molar-refractivity contribution in [3.05, 3.63) is 0 Å². The maximum absolute atomic E-state index is 13.3. The minimum absolute atomic E-state index is 0.269. The highest BCUT2D eigenvalue weighted by atomic mass is 16.5. The van der Waals surface area contributed by atoms with Gasteiger partial charge in [-0.3, -0.25) is 4.79 Å². The lowest BCUT2D eigenvalue weighted by atomic mass is 9.67. The molecule has 0 spiro atoms. The summed E-state index contributed by atoms with van der Waals surface area (Å²) in [6.07, 6.45) is 10.3. The summed E-state index contributed by atoms with van der Waals surface area (Å²) in [5.74, 6) is 1.96. The first-order valence-corrected chi connectivity index (χ1v) is 8.81. The van der Waals surface area contributed by atoms with Crippen LogP contribution in [0.1, 0.15) is 78.6 Å². The van der Waals surface area contributed by atoms with Crippen LogP contribution in [0.5, 0.6) is 0 Å². The number of ketones is 1. The second kappa shape index (κ2) is 7.06. The number of hydrogen-bond donors (Lipinski definition) is 0. The van der Waals surface area contributed by atoms with Crippen molar-refractivity contribution in [2.45, 2.75) is 84.2 Å². The van der Waals surface area contributed by atoms with Crippen molar-refractivity contribution in [3.63, 3.8) is 0 Å². The number of Topliss-reactive ketones (excluding diaryl/α,β-unsaturated/α-hetero) is 1. The Morgan fingerprint density at radius 2 is 1.90 bits per heavy atom. The van der Waals surface area contributed by atoms with E-state index in [9.17, 15) is 4.79 Å². The molecule has 116 valence electrons. The van der Waals surface area contributed by atoms with E-state index in [1.165, 1.54) is 25.7 Å². The summed E-state index contributed by atoms with van der Waals surface area (Å²) in [4.78, 5) is 13.3. The Bertz CT molecular complexity index is 321. The molecule has 0 bridgehead atoms. The minimum Gasteiger partial charge on any atom is -0.367 e. The van der Waals surface area contributed by atoms with E-state index in [2.05, 4.69) is 13.8 Å². The molecule has 0 aromatic heterocycles. The first kappa shape index (κ1) is 16.0. The molecule has 0 amide bonds. The maximum Gasteiger partial charge on any atom is 0.167 e. The lowest BCUT2D eigenvalue weighted by Crippen LogP contribution is -2.50. The molecule has 2 aliphatic rings. The second-order valence-electron chi connectivity index (χ2n) is 7.05. The van der Waals surface area contributed by atoms with Crippen LogP contribution in [-0.4, -0.2) is 18.0 Å². The van der Waals surface area contributed by atoms with Crippen LogP contribution in [-0.2, 0) is 9.53 Å². The molecule has 20 heavy (non-hydrogen) atoms. The van der Waals surface area contributed by atoms with Crippen molar-refractivity contribution in [2.24, 2.45) is 17.8 Å². The van der Waals surface area contributed by atoms with Gasteiger partial charge in [0.2, 0.25) is 0 Å². The van der Waals surface area contributed by atoms with Gasteiger partial charge in [-0.25, -0.2) is 0 Å². The summed E-state index contributed by atoms with van der Waals surface area (Å²) < 4.78 is 6.10. The Balaban J connectivity index is 2.17. The molecule has 2 aliphatic carbocycles. The molecular formula is C18H32O2. The Morgan fingerprint density at radius 1 is 1.15 bits per heavy atom. The topological polar surface area (TPSA) is 26.3 Å². The highest BCUT2D eigenvalue weighted by Gasteiger charge is 2.47. The van der Waals surface area contributed by atoms with E-state index in [1.807, 2.05) is 6.92 Å². The smallest absolute Gasteiger partial charge is 0.167 e. The normalized spacial score (nSPS) is 38.6. The van der Waals surface area contributed by atoms with Crippen molar-refractivity contribution in [2.75, 3.05) is 6.61 Å². The fourth-order valence-corrected chi connectivity index (χ4v) is 4.58. The SMILES string of the molecule is CCOC1(C(=O)C2CCCCC2CC)CCCC(C)C1. The monoisotopic (exact) mass is 280 g/mol. The summed E-state index contributed by atoms with van der Waals surface area (Å²) in [7, 11) is 0. The van der Waals surface area contributed by atoms with Crippen LogP contribution < -0.4 is 0 Å². The van der Waals surface area contributed by atoms with Crippen molar-refractivity contribution in [3.8, 4) is 0 Å². The predicted octanol–water partition coefficient (Wildman–Crippen LogP) is 4.76. The van der Waals surface area contributed by atoms with Gasteiger partial charge in [0, 0.05) is 12.5 Å². The zero-order valence-corrected chi connectivity index (χ0v) is 13.6. The standard InChI is InChI=1S/C18H32O2/c1-4-15-10-6-7-11-16(15)17(19)18(20-5-2)12-8-9-14(3)13-18/h14-16H,4-13H2,1-3H3. The van der Waals surface area contributed by atoms with Crippen LogP contribution in [0, 0.1) is 17.8 Å². The van der Waals surface area contributed by atoms with Gasteiger partial charge in [0.15, 0.2) is 5.78 Å². The Hall–Kier alpha value is -0.370. The second-order valence-corrected chi connectivity index (χ2v) is 7.05. The lowest BCUT2D eigenvalue weighted by Gasteiger charge is -2.43. The maximum atomic E-state index is 13.3. The van der Waals surface area contributed by atoms with Crippen LogP contribution in [0.4, 0.5) is 0 Å². The molecule has 0 aromatic rings. The number of rotatable bonds is 5. The average molecular weight is 280 g/mol. The van der Waals surface area contributed by atoms with E-state index in [0.717, 1.165) is 32.1 Å². The van der Waals surface area contributed by atoms with Crippen molar-refractivity contribution < 1.29 is 9.53 Å². The molecule has 0 heterocycles. The zero-order chi connectivity index (χ0) is 14.6. The fourth-order valence-electron chi connectivity index (χ4n) is 4.58. The third kappa shape index (κ3) is 3.27. The van der Waals surface area contributed by atoms with Crippen molar-refractivity contribution >= 4 is 5.78 Å². The highest BCUT2D eigenvalue weighted by molar-refractivity contribution is 5.90. The van der Waals surface area contributed by atoms with Crippen LogP contribution in [0.3, 0.4) is 0 Å². The molecular weight excluding hydrogens is 248 g/mol. The van der Waals surface area contributed by atoms with Gasteiger partial charge < -0.3 is 4.74 Å². The summed E-state index contributed by atoms with van der Waals surface area (Å²) in [6.45, 7) is 7.22. The molecule has 4 atom stereocenters. The third-order valence-corrected chi connectivity index (χ3v) is 5.60. The van der Waals surface area contributed by atoms with Gasteiger partial charge in [-0.05, 0) is 50.9 Å². The number of carbonyl (C=O) groups excluding carboxylic acids is 1. The summed E-state index contributed by atoms with van der Waals surface area (Å²) in [5.41, 5.74) is -0.443. The van der Waals surface area contributed by atoms with Crippen LogP contribution in [0.15, 0.2) is 0 Å². The summed E-state index contributed by atoms with van der Waals surface area (Å²) in [6, 6.07) is 0. The molecule has 4 unspecified atom stereocenters. The van der Waals surface area contributed by atoms with Crippen LogP contribution >= 0.6 is 0 Å². The number of carbonyl (C=O) groups is 1. The van der Waals surface area contributed by atoms with E-state index < -0.39 is 5.60 Å². The van der Waals surface area contributed by atoms with Crippen LogP contribution in [0.2, 0.25) is 0 Å². The van der Waals surface area contributed by atoms with Crippen molar-refractivity contribution in [1.29, 1.82) is 0 Å². The molecule has 2 fully saturated rings. The molecule has 2 rings (SSSR count). The van der Waals surface area contributed by atoms with E-state index in [4.69, 9.17) is 4.74 Å². The first-order valence-electron chi connectivity index (χ1n) is 8.81. The van der Waals surface area contributed by atoms with Gasteiger partial charge in [0.25, 0.3) is 0 Å². The van der Waals surface area contributed by atoms with Crippen LogP contribution in [0.25, 0.3) is 0 Å². The predicted molar refractivity (Wildman–Crippen MR) is 82.7 cm³/mol. The number of ether oxygens (including phenoxy) is 1.